The molecule has 2 aliphatic rings. The molecule has 1 fully saturated rings. The van der Waals surface area contributed by atoms with Gasteiger partial charge in [0.1, 0.15) is 16.9 Å². The lowest BCUT2D eigenvalue weighted by atomic mass is 10.0. The first-order valence-electron chi connectivity index (χ1n) is 10.6. The van der Waals surface area contributed by atoms with Crippen LogP contribution in [0.5, 0.6) is 0 Å². The number of halogens is 1. The zero-order valence-electron chi connectivity index (χ0n) is 17.6. The van der Waals surface area contributed by atoms with Gasteiger partial charge in [0.15, 0.2) is 5.82 Å². The summed E-state index contributed by atoms with van der Waals surface area (Å²) in [5.74, 6) is 1.32. The van der Waals surface area contributed by atoms with Crippen LogP contribution >= 0.6 is 11.6 Å². The van der Waals surface area contributed by atoms with Crippen molar-refractivity contribution in [3.05, 3.63) is 75.1 Å². The molecule has 4 aromatic rings. The molecule has 1 unspecified atom stereocenters. The summed E-state index contributed by atoms with van der Waals surface area (Å²) >= 11 is 6.30. The first-order valence-corrected chi connectivity index (χ1v) is 10.9. The average molecular weight is 463 g/mol. The van der Waals surface area contributed by atoms with Crippen molar-refractivity contribution in [2.45, 2.75) is 19.0 Å². The summed E-state index contributed by atoms with van der Waals surface area (Å²) in [6, 6.07) is 10.7. The summed E-state index contributed by atoms with van der Waals surface area (Å²) in [7, 11) is 1.74. The molecular formula is C22H19ClN8O2. The molecule has 1 aromatic carbocycles. The summed E-state index contributed by atoms with van der Waals surface area (Å²) in [4.78, 5) is 37.2. The minimum atomic E-state index is -0.263. The molecule has 1 atom stereocenters. The Kier molecular flexibility index (Phi) is 4.37. The molecule has 2 aliphatic heterocycles. The standard InChI is InChI=1S/C22H19ClN8O2/c1-24-22-26-14-11-25-20(32)16(14)19(27-22)29-9-8-15(29)18-28-30-10-7-13(23)17(30)21(33)31(18)12-5-3-2-4-6-12/h2-7,10,15H,8-9,11H2,1H3,(H,25,32)(H,24,26,27). The van der Waals surface area contributed by atoms with Gasteiger partial charge in [-0.2, -0.15) is 10.1 Å². The Morgan fingerprint density at radius 2 is 1.97 bits per heavy atom. The van der Waals surface area contributed by atoms with Crippen molar-refractivity contribution in [2.75, 3.05) is 23.8 Å². The van der Waals surface area contributed by atoms with Crippen LogP contribution in [0.2, 0.25) is 5.02 Å². The minimum absolute atomic E-state index is 0.200. The van der Waals surface area contributed by atoms with Crippen LogP contribution in [0.15, 0.2) is 47.4 Å². The van der Waals surface area contributed by atoms with Crippen molar-refractivity contribution in [3.8, 4) is 5.69 Å². The number of amides is 1. The maximum Gasteiger partial charge on any atom is 0.284 e. The highest BCUT2D eigenvalue weighted by Gasteiger charge is 2.39. The van der Waals surface area contributed by atoms with Crippen LogP contribution < -0.4 is 21.1 Å². The van der Waals surface area contributed by atoms with E-state index in [1.807, 2.05) is 35.2 Å². The van der Waals surface area contributed by atoms with Crippen LogP contribution in [0.4, 0.5) is 11.8 Å². The van der Waals surface area contributed by atoms with Gasteiger partial charge < -0.3 is 15.5 Å². The van der Waals surface area contributed by atoms with Crippen LogP contribution in [-0.4, -0.2) is 43.6 Å². The van der Waals surface area contributed by atoms with Crippen molar-refractivity contribution in [3.63, 3.8) is 0 Å². The van der Waals surface area contributed by atoms with Crippen LogP contribution in [-0.2, 0) is 6.54 Å². The van der Waals surface area contributed by atoms with E-state index in [1.54, 1.807) is 23.9 Å². The Balaban J connectivity index is 1.55. The number of fused-ring (bicyclic) bond motifs is 2. The van der Waals surface area contributed by atoms with Crippen molar-refractivity contribution >= 4 is 34.8 Å². The Bertz CT molecular complexity index is 1480. The smallest absolute Gasteiger partial charge is 0.284 e. The molecule has 6 rings (SSSR count). The van der Waals surface area contributed by atoms with Crippen LogP contribution in [0.1, 0.15) is 34.3 Å². The third-order valence-electron chi connectivity index (χ3n) is 6.10. The molecule has 1 amide bonds. The van der Waals surface area contributed by atoms with Gasteiger partial charge in [-0.3, -0.25) is 14.2 Å². The second kappa shape index (κ2) is 7.31. The molecule has 0 radical (unpaired) electrons. The zero-order chi connectivity index (χ0) is 22.7. The normalized spacial score (nSPS) is 17.1. The highest BCUT2D eigenvalue weighted by molar-refractivity contribution is 6.33. The highest BCUT2D eigenvalue weighted by atomic mass is 35.5. The first-order chi connectivity index (χ1) is 16.1. The van der Waals surface area contributed by atoms with Gasteiger partial charge in [0.2, 0.25) is 5.95 Å². The Hall–Kier alpha value is -3.92. The molecule has 2 N–H and O–H groups in total. The topological polar surface area (TPSA) is 109 Å². The van der Waals surface area contributed by atoms with Gasteiger partial charge in [0, 0.05) is 19.8 Å². The molecule has 0 saturated carbocycles. The molecule has 10 nitrogen and oxygen atoms in total. The second-order valence-corrected chi connectivity index (χ2v) is 8.32. The fraction of sp³-hybridized carbons (Fsp3) is 0.227. The number of benzene rings is 1. The van der Waals surface area contributed by atoms with E-state index in [2.05, 4.69) is 20.6 Å². The fourth-order valence-electron chi connectivity index (χ4n) is 4.43. The lowest BCUT2D eigenvalue weighted by molar-refractivity contribution is 0.0965. The van der Waals surface area contributed by atoms with Gasteiger partial charge in [-0.1, -0.05) is 29.8 Å². The van der Waals surface area contributed by atoms with E-state index >= 15 is 0 Å². The van der Waals surface area contributed by atoms with E-state index in [4.69, 9.17) is 16.7 Å². The maximum absolute atomic E-state index is 13.6. The van der Waals surface area contributed by atoms with Gasteiger partial charge >= 0.3 is 0 Å². The minimum Gasteiger partial charge on any atom is -0.357 e. The Morgan fingerprint density at radius 1 is 1.15 bits per heavy atom. The summed E-state index contributed by atoms with van der Waals surface area (Å²) < 4.78 is 3.12. The molecule has 0 bridgehead atoms. The molecule has 166 valence electrons. The fourth-order valence-corrected chi connectivity index (χ4v) is 4.65. The molecule has 11 heteroatoms. The van der Waals surface area contributed by atoms with E-state index in [-0.39, 0.29) is 17.5 Å². The number of rotatable bonds is 4. The molecule has 5 heterocycles. The number of hydrogen-bond donors (Lipinski definition) is 2. The van der Waals surface area contributed by atoms with Crippen molar-refractivity contribution in [1.82, 2.24) is 29.5 Å². The number of nitrogens with one attached hydrogen (secondary N) is 2. The number of aromatic nitrogens is 5. The lowest BCUT2D eigenvalue weighted by Gasteiger charge is -2.42. The van der Waals surface area contributed by atoms with E-state index < -0.39 is 0 Å². The molecule has 0 spiro atoms. The predicted molar refractivity (Wildman–Crippen MR) is 123 cm³/mol. The van der Waals surface area contributed by atoms with Crippen molar-refractivity contribution < 1.29 is 4.79 Å². The summed E-state index contributed by atoms with van der Waals surface area (Å²) in [6.07, 6.45) is 2.42. The van der Waals surface area contributed by atoms with Crippen LogP contribution in [0.3, 0.4) is 0 Å². The summed E-state index contributed by atoms with van der Waals surface area (Å²) in [6.45, 7) is 1.03. The van der Waals surface area contributed by atoms with E-state index in [0.29, 0.717) is 58.2 Å². The SMILES string of the molecule is CNc1nc2c(c(N3CCC3c3nn4ccc(Cl)c4c(=O)n3-c3ccccc3)n1)C(=O)NC2. The van der Waals surface area contributed by atoms with Gasteiger partial charge in [0.05, 0.1) is 29.0 Å². The van der Waals surface area contributed by atoms with Crippen molar-refractivity contribution in [2.24, 2.45) is 0 Å². The lowest BCUT2D eigenvalue weighted by Crippen LogP contribution is -2.46. The number of carbonyl (C=O) groups excluding carboxylic acids is 1. The maximum atomic E-state index is 13.6. The zero-order valence-corrected chi connectivity index (χ0v) is 18.4. The molecule has 1 saturated heterocycles. The molecule has 3 aromatic heterocycles. The number of para-hydroxylation sites is 1. The van der Waals surface area contributed by atoms with Crippen LogP contribution in [0.25, 0.3) is 11.2 Å². The van der Waals surface area contributed by atoms with E-state index in [9.17, 15) is 9.59 Å². The Morgan fingerprint density at radius 3 is 2.70 bits per heavy atom. The van der Waals surface area contributed by atoms with Gasteiger partial charge in [-0.05, 0) is 24.6 Å². The first kappa shape index (κ1) is 19.7. The molecule has 0 aliphatic carbocycles. The van der Waals surface area contributed by atoms with Gasteiger partial charge in [0.25, 0.3) is 11.5 Å². The summed E-state index contributed by atoms with van der Waals surface area (Å²) in [5.41, 5.74) is 1.88. The number of hydrogen-bond acceptors (Lipinski definition) is 7. The third-order valence-corrected chi connectivity index (χ3v) is 6.40. The third kappa shape index (κ3) is 2.91. The monoisotopic (exact) mass is 462 g/mol. The van der Waals surface area contributed by atoms with E-state index in [0.717, 1.165) is 6.42 Å². The van der Waals surface area contributed by atoms with Gasteiger partial charge in [-0.25, -0.2) is 9.50 Å². The number of carbonyl (C=O) groups is 1. The van der Waals surface area contributed by atoms with Crippen LogP contribution in [0, 0.1) is 0 Å². The summed E-state index contributed by atoms with van der Waals surface area (Å²) in [5, 5.41) is 10.9. The van der Waals surface area contributed by atoms with E-state index in [1.165, 1.54) is 4.52 Å². The number of anilines is 2. The molecular weight excluding hydrogens is 444 g/mol. The average Bonchev–Trinajstić information content (AvgIpc) is 3.36. The Labute approximate surface area is 192 Å². The quantitative estimate of drug-likeness (QED) is 0.478. The number of nitrogens with zero attached hydrogens (tertiary/aromatic N) is 6. The predicted octanol–water partition coefficient (Wildman–Crippen LogP) is 2.17. The van der Waals surface area contributed by atoms with Gasteiger partial charge in [-0.15, -0.1) is 0 Å². The molecule has 33 heavy (non-hydrogen) atoms. The highest BCUT2D eigenvalue weighted by Crippen LogP contribution is 2.39. The van der Waals surface area contributed by atoms with Crippen molar-refractivity contribution in [1.29, 1.82) is 0 Å². The largest absolute Gasteiger partial charge is 0.357 e. The second-order valence-electron chi connectivity index (χ2n) is 7.91.